The van der Waals surface area contributed by atoms with Crippen molar-refractivity contribution in [1.82, 2.24) is 4.90 Å². The Hall–Kier alpha value is -1.82. The molecule has 0 atom stereocenters. The smallest absolute Gasteiger partial charge is 0.322 e. The number of ether oxygens (including phenoxy) is 1. The number of morpholine rings is 1. The number of benzene rings is 1. The number of halogens is 1. The number of hydrogen-bond donors (Lipinski definition) is 1. The Labute approximate surface area is 130 Å². The Morgan fingerprint density at radius 2 is 1.82 bits per heavy atom. The Morgan fingerprint density at radius 3 is 2.55 bits per heavy atom. The summed E-state index contributed by atoms with van der Waals surface area (Å²) in [6.07, 6.45) is 3.57. The first-order chi connectivity index (χ1) is 10.7. The van der Waals surface area contributed by atoms with E-state index in [4.69, 9.17) is 4.74 Å². The normalized spacial score (nSPS) is 19.1. The van der Waals surface area contributed by atoms with Crippen LogP contribution >= 0.6 is 0 Å². The van der Waals surface area contributed by atoms with Crippen LogP contribution in [0.25, 0.3) is 0 Å². The van der Waals surface area contributed by atoms with Gasteiger partial charge in [-0.25, -0.2) is 9.18 Å². The summed E-state index contributed by atoms with van der Waals surface area (Å²) in [5, 5.41) is 2.69. The van der Waals surface area contributed by atoms with Gasteiger partial charge in [-0.05, 0) is 37.5 Å². The van der Waals surface area contributed by atoms with Gasteiger partial charge < -0.3 is 19.9 Å². The Kier molecular flexibility index (Phi) is 4.77. The number of hydrogen-bond acceptors (Lipinski definition) is 3. The average Bonchev–Trinajstić information content (AvgIpc) is 2.58. The van der Waals surface area contributed by atoms with Crippen LogP contribution in [0.5, 0.6) is 0 Å². The van der Waals surface area contributed by atoms with Gasteiger partial charge in [0, 0.05) is 31.9 Å². The summed E-state index contributed by atoms with van der Waals surface area (Å²) < 4.78 is 19.2. The zero-order valence-electron chi connectivity index (χ0n) is 12.7. The zero-order valence-corrected chi connectivity index (χ0v) is 12.7. The van der Waals surface area contributed by atoms with Gasteiger partial charge in [0.25, 0.3) is 0 Å². The minimum absolute atomic E-state index is 0.250. The van der Waals surface area contributed by atoms with Crippen LogP contribution in [0.2, 0.25) is 0 Å². The van der Waals surface area contributed by atoms with Crippen molar-refractivity contribution < 1.29 is 13.9 Å². The maximum atomic E-state index is 14.0. The second-order valence-electron chi connectivity index (χ2n) is 5.74. The van der Waals surface area contributed by atoms with Crippen molar-refractivity contribution in [2.24, 2.45) is 0 Å². The molecule has 2 amide bonds. The van der Waals surface area contributed by atoms with Gasteiger partial charge in [-0.1, -0.05) is 0 Å². The topological polar surface area (TPSA) is 44.8 Å². The van der Waals surface area contributed by atoms with Crippen molar-refractivity contribution in [1.29, 1.82) is 0 Å². The van der Waals surface area contributed by atoms with Crippen molar-refractivity contribution >= 4 is 17.4 Å². The molecule has 22 heavy (non-hydrogen) atoms. The third kappa shape index (κ3) is 3.50. The largest absolute Gasteiger partial charge is 0.378 e. The van der Waals surface area contributed by atoms with E-state index in [9.17, 15) is 9.18 Å². The van der Waals surface area contributed by atoms with E-state index in [1.165, 1.54) is 12.5 Å². The molecule has 5 nitrogen and oxygen atoms in total. The fourth-order valence-corrected chi connectivity index (χ4v) is 2.92. The lowest BCUT2D eigenvalue weighted by Gasteiger charge is -2.30. The summed E-state index contributed by atoms with van der Waals surface area (Å²) in [6.45, 7) is 4.12. The Morgan fingerprint density at radius 1 is 1.09 bits per heavy atom. The van der Waals surface area contributed by atoms with Crippen LogP contribution in [-0.4, -0.2) is 50.3 Å². The molecule has 2 saturated heterocycles. The maximum Gasteiger partial charge on any atom is 0.322 e. The van der Waals surface area contributed by atoms with Crippen molar-refractivity contribution in [2.45, 2.75) is 19.3 Å². The number of piperidine rings is 1. The van der Waals surface area contributed by atoms with E-state index in [2.05, 4.69) is 10.2 Å². The SMILES string of the molecule is O=C(Nc1cc(N2CCCCC2)ccc1F)N1CCOCC1. The van der Waals surface area contributed by atoms with Gasteiger partial charge >= 0.3 is 6.03 Å². The molecule has 0 radical (unpaired) electrons. The lowest BCUT2D eigenvalue weighted by molar-refractivity contribution is 0.0564. The molecule has 0 spiro atoms. The second-order valence-corrected chi connectivity index (χ2v) is 5.74. The number of urea groups is 1. The number of rotatable bonds is 2. The van der Waals surface area contributed by atoms with Crippen molar-refractivity contribution in [3.8, 4) is 0 Å². The number of nitrogens with zero attached hydrogens (tertiary/aromatic N) is 2. The predicted octanol–water partition coefficient (Wildman–Crippen LogP) is 2.68. The van der Waals surface area contributed by atoms with Gasteiger partial charge in [0.1, 0.15) is 5.82 Å². The first kappa shape index (κ1) is 15.1. The van der Waals surface area contributed by atoms with Crippen LogP contribution in [0.4, 0.5) is 20.6 Å². The summed E-state index contributed by atoms with van der Waals surface area (Å²) in [5.41, 5.74) is 1.22. The van der Waals surface area contributed by atoms with E-state index >= 15 is 0 Å². The summed E-state index contributed by atoms with van der Waals surface area (Å²) in [6, 6.07) is 4.68. The van der Waals surface area contributed by atoms with E-state index < -0.39 is 5.82 Å². The lowest BCUT2D eigenvalue weighted by atomic mass is 10.1. The minimum atomic E-state index is -0.401. The highest BCUT2D eigenvalue weighted by molar-refractivity contribution is 5.90. The molecule has 2 fully saturated rings. The van der Waals surface area contributed by atoms with Gasteiger partial charge in [-0.15, -0.1) is 0 Å². The maximum absolute atomic E-state index is 14.0. The molecular weight excluding hydrogens is 285 g/mol. The van der Waals surface area contributed by atoms with Crippen LogP contribution in [0.3, 0.4) is 0 Å². The molecule has 1 N–H and O–H groups in total. The third-order valence-corrected chi connectivity index (χ3v) is 4.21. The van der Waals surface area contributed by atoms with Crippen LogP contribution in [-0.2, 0) is 4.74 Å². The van der Waals surface area contributed by atoms with Crippen LogP contribution in [0.1, 0.15) is 19.3 Å². The molecule has 0 aromatic heterocycles. The third-order valence-electron chi connectivity index (χ3n) is 4.21. The molecule has 120 valence electrons. The summed E-state index contributed by atoms with van der Waals surface area (Å²) in [5.74, 6) is -0.401. The van der Waals surface area contributed by atoms with Crippen LogP contribution < -0.4 is 10.2 Å². The van der Waals surface area contributed by atoms with E-state index in [-0.39, 0.29) is 11.7 Å². The molecule has 0 bridgehead atoms. The number of amides is 2. The lowest BCUT2D eigenvalue weighted by Crippen LogP contribution is -2.43. The molecular formula is C16H22FN3O2. The number of carbonyl (C=O) groups excluding carboxylic acids is 1. The Bertz CT molecular complexity index is 526. The molecule has 6 heteroatoms. The van der Waals surface area contributed by atoms with Crippen molar-refractivity contribution in [3.63, 3.8) is 0 Å². The summed E-state index contributed by atoms with van der Waals surface area (Å²) >= 11 is 0. The number of nitrogens with one attached hydrogen (secondary N) is 1. The van der Waals surface area contributed by atoms with Crippen molar-refractivity contribution in [3.05, 3.63) is 24.0 Å². The summed E-state index contributed by atoms with van der Waals surface area (Å²) in [7, 11) is 0. The molecule has 0 unspecified atom stereocenters. The van der Waals surface area contributed by atoms with Gasteiger partial charge in [0.15, 0.2) is 0 Å². The number of carbonyl (C=O) groups is 1. The molecule has 3 rings (SSSR count). The quantitative estimate of drug-likeness (QED) is 0.913. The molecule has 1 aromatic rings. The first-order valence-corrected chi connectivity index (χ1v) is 7.92. The van der Waals surface area contributed by atoms with Crippen LogP contribution in [0, 0.1) is 5.82 Å². The number of anilines is 2. The highest BCUT2D eigenvalue weighted by Gasteiger charge is 2.19. The highest BCUT2D eigenvalue weighted by Crippen LogP contribution is 2.25. The second kappa shape index (κ2) is 6.96. The van der Waals surface area contributed by atoms with E-state index in [1.807, 2.05) is 0 Å². The van der Waals surface area contributed by atoms with E-state index in [1.54, 1.807) is 17.0 Å². The van der Waals surface area contributed by atoms with E-state index in [0.29, 0.717) is 26.3 Å². The monoisotopic (exact) mass is 307 g/mol. The fraction of sp³-hybridized carbons (Fsp3) is 0.562. The van der Waals surface area contributed by atoms with Gasteiger partial charge in [-0.3, -0.25) is 0 Å². The fourth-order valence-electron chi connectivity index (χ4n) is 2.92. The molecule has 0 saturated carbocycles. The Balaban J connectivity index is 1.70. The van der Waals surface area contributed by atoms with Gasteiger partial charge in [0.05, 0.1) is 18.9 Å². The van der Waals surface area contributed by atoms with Crippen molar-refractivity contribution in [2.75, 3.05) is 49.6 Å². The first-order valence-electron chi connectivity index (χ1n) is 7.92. The molecule has 2 heterocycles. The average molecular weight is 307 g/mol. The predicted molar refractivity (Wildman–Crippen MR) is 83.9 cm³/mol. The standard InChI is InChI=1S/C16H22FN3O2/c17-14-5-4-13(19-6-2-1-3-7-19)12-15(14)18-16(21)20-8-10-22-11-9-20/h4-5,12H,1-3,6-11H2,(H,18,21). The summed E-state index contributed by atoms with van der Waals surface area (Å²) in [4.78, 5) is 16.1. The molecule has 2 aliphatic rings. The van der Waals surface area contributed by atoms with Gasteiger partial charge in [0.2, 0.25) is 0 Å². The highest BCUT2D eigenvalue weighted by atomic mass is 19.1. The van der Waals surface area contributed by atoms with Crippen LogP contribution in [0.15, 0.2) is 18.2 Å². The minimum Gasteiger partial charge on any atom is -0.378 e. The zero-order chi connectivity index (χ0) is 15.4. The molecule has 1 aromatic carbocycles. The molecule has 0 aliphatic carbocycles. The van der Waals surface area contributed by atoms with Gasteiger partial charge in [-0.2, -0.15) is 0 Å². The molecule has 2 aliphatic heterocycles. The van der Waals surface area contributed by atoms with E-state index in [0.717, 1.165) is 31.6 Å².